The molecule has 1 fully saturated rings. The molecule has 0 unspecified atom stereocenters. The Morgan fingerprint density at radius 2 is 2.31 bits per heavy atom. The number of nitrogens with zero attached hydrogens (tertiary/aromatic N) is 2. The van der Waals surface area contributed by atoms with Crippen LogP contribution < -0.4 is 10.2 Å². The monoisotopic (exact) mass is 221 g/mol. The summed E-state index contributed by atoms with van der Waals surface area (Å²) < 4.78 is 5.52. The van der Waals surface area contributed by atoms with Crippen molar-refractivity contribution in [1.82, 2.24) is 4.98 Å². The van der Waals surface area contributed by atoms with E-state index in [9.17, 15) is 0 Å². The van der Waals surface area contributed by atoms with Crippen molar-refractivity contribution >= 4 is 11.5 Å². The van der Waals surface area contributed by atoms with Gasteiger partial charge in [0.15, 0.2) is 0 Å². The van der Waals surface area contributed by atoms with E-state index in [1.165, 1.54) is 5.69 Å². The first kappa shape index (κ1) is 11.2. The predicted molar refractivity (Wildman–Crippen MR) is 66.0 cm³/mol. The second-order valence-electron chi connectivity index (χ2n) is 4.67. The first-order valence-corrected chi connectivity index (χ1v) is 5.63. The van der Waals surface area contributed by atoms with Gasteiger partial charge in [-0.05, 0) is 19.9 Å². The average molecular weight is 221 g/mol. The summed E-state index contributed by atoms with van der Waals surface area (Å²) in [5, 5.41) is 3.06. The Hall–Kier alpha value is -1.29. The second-order valence-corrected chi connectivity index (χ2v) is 4.67. The van der Waals surface area contributed by atoms with E-state index in [-0.39, 0.29) is 5.54 Å². The average Bonchev–Trinajstić information content (AvgIpc) is 2.28. The number of ether oxygens (including phenoxy) is 1. The molecule has 1 aromatic rings. The van der Waals surface area contributed by atoms with Crippen LogP contribution in [-0.2, 0) is 4.74 Å². The number of hydrogen-bond donors (Lipinski definition) is 1. The predicted octanol–water partition coefficient (Wildman–Crippen LogP) is 1.74. The first-order chi connectivity index (χ1) is 7.63. The zero-order valence-electron chi connectivity index (χ0n) is 10.2. The second kappa shape index (κ2) is 4.29. The highest BCUT2D eigenvalue weighted by atomic mass is 16.5. The highest BCUT2D eigenvalue weighted by Gasteiger charge is 2.30. The van der Waals surface area contributed by atoms with Gasteiger partial charge in [0.1, 0.15) is 5.82 Å². The molecule has 1 aliphatic heterocycles. The summed E-state index contributed by atoms with van der Waals surface area (Å²) in [5.74, 6) is 0.903. The summed E-state index contributed by atoms with van der Waals surface area (Å²) >= 11 is 0. The van der Waals surface area contributed by atoms with Crippen molar-refractivity contribution in [3.05, 3.63) is 18.3 Å². The number of rotatable bonds is 2. The SMILES string of the molecule is CNc1cc(N2CCOCC2(C)C)ccn1. The molecule has 0 aromatic carbocycles. The van der Waals surface area contributed by atoms with Crippen molar-refractivity contribution in [2.24, 2.45) is 0 Å². The van der Waals surface area contributed by atoms with Gasteiger partial charge in [0, 0.05) is 31.5 Å². The fraction of sp³-hybridized carbons (Fsp3) is 0.583. The van der Waals surface area contributed by atoms with Gasteiger partial charge in [-0.2, -0.15) is 0 Å². The lowest BCUT2D eigenvalue weighted by molar-refractivity contribution is 0.0644. The Bertz CT molecular complexity index is 365. The number of hydrogen-bond acceptors (Lipinski definition) is 4. The fourth-order valence-electron chi connectivity index (χ4n) is 2.06. The number of anilines is 2. The summed E-state index contributed by atoms with van der Waals surface area (Å²) in [6, 6.07) is 4.13. The van der Waals surface area contributed by atoms with Crippen molar-refractivity contribution in [2.45, 2.75) is 19.4 Å². The number of morpholine rings is 1. The molecule has 4 nitrogen and oxygen atoms in total. The van der Waals surface area contributed by atoms with Crippen LogP contribution >= 0.6 is 0 Å². The number of pyridine rings is 1. The summed E-state index contributed by atoms with van der Waals surface area (Å²) in [6.07, 6.45) is 1.84. The molecule has 2 heterocycles. The summed E-state index contributed by atoms with van der Waals surface area (Å²) in [5.41, 5.74) is 1.25. The van der Waals surface area contributed by atoms with Crippen molar-refractivity contribution in [2.75, 3.05) is 37.0 Å². The third-order valence-corrected chi connectivity index (χ3v) is 2.96. The Morgan fingerprint density at radius 1 is 1.50 bits per heavy atom. The molecular weight excluding hydrogens is 202 g/mol. The highest BCUT2D eigenvalue weighted by Crippen LogP contribution is 2.27. The molecule has 0 aliphatic carbocycles. The lowest BCUT2D eigenvalue weighted by Crippen LogP contribution is -2.53. The van der Waals surface area contributed by atoms with E-state index in [2.05, 4.69) is 35.1 Å². The lowest BCUT2D eigenvalue weighted by atomic mass is 10.0. The van der Waals surface area contributed by atoms with Crippen LogP contribution in [0.25, 0.3) is 0 Å². The maximum Gasteiger partial charge on any atom is 0.127 e. The third-order valence-electron chi connectivity index (χ3n) is 2.96. The van der Waals surface area contributed by atoms with Gasteiger partial charge in [-0.15, -0.1) is 0 Å². The van der Waals surface area contributed by atoms with Crippen LogP contribution in [0.15, 0.2) is 18.3 Å². The van der Waals surface area contributed by atoms with Crippen molar-refractivity contribution in [1.29, 1.82) is 0 Å². The summed E-state index contributed by atoms with van der Waals surface area (Å²) in [6.45, 7) is 6.89. The van der Waals surface area contributed by atoms with Crippen LogP contribution in [0.3, 0.4) is 0 Å². The van der Waals surface area contributed by atoms with E-state index in [1.807, 2.05) is 19.3 Å². The van der Waals surface area contributed by atoms with Gasteiger partial charge >= 0.3 is 0 Å². The molecule has 88 valence electrons. The van der Waals surface area contributed by atoms with Crippen LogP contribution in [-0.4, -0.2) is 37.3 Å². The van der Waals surface area contributed by atoms with Gasteiger partial charge in [0.05, 0.1) is 18.8 Å². The van der Waals surface area contributed by atoms with Gasteiger partial charge in [-0.1, -0.05) is 0 Å². The Labute approximate surface area is 96.6 Å². The van der Waals surface area contributed by atoms with Crippen molar-refractivity contribution < 1.29 is 4.74 Å². The first-order valence-electron chi connectivity index (χ1n) is 5.63. The molecule has 1 aliphatic rings. The van der Waals surface area contributed by atoms with Gasteiger partial charge in [0.25, 0.3) is 0 Å². The molecule has 2 rings (SSSR count). The maximum absolute atomic E-state index is 5.52. The maximum atomic E-state index is 5.52. The topological polar surface area (TPSA) is 37.4 Å². The third kappa shape index (κ3) is 2.11. The van der Waals surface area contributed by atoms with Crippen molar-refractivity contribution in [3.63, 3.8) is 0 Å². The Morgan fingerprint density at radius 3 is 3.00 bits per heavy atom. The van der Waals surface area contributed by atoms with E-state index >= 15 is 0 Å². The highest BCUT2D eigenvalue weighted by molar-refractivity contribution is 5.55. The van der Waals surface area contributed by atoms with Gasteiger partial charge < -0.3 is 15.0 Å². The van der Waals surface area contributed by atoms with E-state index < -0.39 is 0 Å². The smallest absolute Gasteiger partial charge is 0.127 e. The summed E-state index contributed by atoms with van der Waals surface area (Å²) in [7, 11) is 1.89. The largest absolute Gasteiger partial charge is 0.377 e. The molecule has 1 N–H and O–H groups in total. The normalized spacial score (nSPS) is 19.6. The van der Waals surface area contributed by atoms with Crippen LogP contribution in [0.2, 0.25) is 0 Å². The van der Waals surface area contributed by atoms with Gasteiger partial charge in [-0.3, -0.25) is 0 Å². The molecule has 1 saturated heterocycles. The van der Waals surface area contributed by atoms with Gasteiger partial charge in [0.2, 0.25) is 0 Å². The molecular formula is C12H19N3O. The minimum Gasteiger partial charge on any atom is -0.377 e. The molecule has 0 amide bonds. The zero-order valence-corrected chi connectivity index (χ0v) is 10.2. The molecule has 0 atom stereocenters. The Balaban J connectivity index is 2.27. The van der Waals surface area contributed by atoms with E-state index in [0.29, 0.717) is 0 Å². The standard InChI is InChI=1S/C12H19N3O/c1-12(2)9-16-7-6-15(12)10-4-5-14-11(8-10)13-3/h4-5,8H,6-7,9H2,1-3H3,(H,13,14). The minimum absolute atomic E-state index is 0.0462. The number of aromatic nitrogens is 1. The Kier molecular flexibility index (Phi) is 3.01. The quantitative estimate of drug-likeness (QED) is 0.825. The van der Waals surface area contributed by atoms with E-state index in [0.717, 1.165) is 25.6 Å². The van der Waals surface area contributed by atoms with E-state index in [4.69, 9.17) is 4.74 Å². The molecule has 4 heteroatoms. The van der Waals surface area contributed by atoms with Crippen LogP contribution in [0.1, 0.15) is 13.8 Å². The summed E-state index contributed by atoms with van der Waals surface area (Å²) in [4.78, 5) is 6.61. The van der Waals surface area contributed by atoms with Crippen molar-refractivity contribution in [3.8, 4) is 0 Å². The molecule has 1 aromatic heterocycles. The number of nitrogens with one attached hydrogen (secondary N) is 1. The van der Waals surface area contributed by atoms with Gasteiger partial charge in [-0.25, -0.2) is 4.98 Å². The molecule has 0 radical (unpaired) electrons. The van der Waals surface area contributed by atoms with Crippen LogP contribution in [0, 0.1) is 0 Å². The van der Waals surface area contributed by atoms with Crippen LogP contribution in [0.4, 0.5) is 11.5 Å². The molecule has 0 spiro atoms. The minimum atomic E-state index is 0.0462. The molecule has 0 saturated carbocycles. The lowest BCUT2D eigenvalue weighted by Gasteiger charge is -2.43. The van der Waals surface area contributed by atoms with Crippen LogP contribution in [0.5, 0.6) is 0 Å². The molecule has 16 heavy (non-hydrogen) atoms. The zero-order chi connectivity index (χ0) is 11.6. The fourth-order valence-corrected chi connectivity index (χ4v) is 2.06. The van der Waals surface area contributed by atoms with E-state index in [1.54, 1.807) is 0 Å². The molecule has 0 bridgehead atoms.